The predicted molar refractivity (Wildman–Crippen MR) is 52.8 cm³/mol. The average molecular weight is 194 g/mol. The van der Waals surface area contributed by atoms with Gasteiger partial charge in [-0.05, 0) is 24.6 Å². The molecule has 0 bridgehead atoms. The SMILES string of the molecule is COc1ccc([C@@H]2O[C@@H]2C)cc1OC. The summed E-state index contributed by atoms with van der Waals surface area (Å²) < 4.78 is 15.7. The summed E-state index contributed by atoms with van der Waals surface area (Å²) in [7, 11) is 3.27. The topological polar surface area (TPSA) is 31.0 Å². The lowest BCUT2D eigenvalue weighted by Crippen LogP contribution is -1.92. The molecule has 3 nitrogen and oxygen atoms in total. The summed E-state index contributed by atoms with van der Waals surface area (Å²) in [5.41, 5.74) is 1.15. The van der Waals surface area contributed by atoms with Gasteiger partial charge in [-0.1, -0.05) is 6.07 Å². The van der Waals surface area contributed by atoms with Gasteiger partial charge >= 0.3 is 0 Å². The Morgan fingerprint density at radius 2 is 1.79 bits per heavy atom. The van der Waals surface area contributed by atoms with E-state index in [0.29, 0.717) is 6.10 Å². The van der Waals surface area contributed by atoms with Crippen LogP contribution in [0.25, 0.3) is 0 Å². The van der Waals surface area contributed by atoms with E-state index in [9.17, 15) is 0 Å². The minimum absolute atomic E-state index is 0.231. The number of ether oxygens (including phenoxy) is 3. The first-order chi connectivity index (χ1) is 6.76. The number of hydrogen-bond acceptors (Lipinski definition) is 3. The highest BCUT2D eigenvalue weighted by molar-refractivity contribution is 5.44. The van der Waals surface area contributed by atoms with Crippen molar-refractivity contribution < 1.29 is 14.2 Å². The molecule has 0 aromatic heterocycles. The first-order valence-corrected chi connectivity index (χ1v) is 4.63. The van der Waals surface area contributed by atoms with Gasteiger partial charge < -0.3 is 14.2 Å². The largest absolute Gasteiger partial charge is 0.493 e. The van der Waals surface area contributed by atoms with Crippen molar-refractivity contribution >= 4 is 0 Å². The smallest absolute Gasteiger partial charge is 0.161 e. The maximum Gasteiger partial charge on any atom is 0.161 e. The highest BCUT2D eigenvalue weighted by atomic mass is 16.6. The number of rotatable bonds is 3. The van der Waals surface area contributed by atoms with Crippen molar-refractivity contribution in [3.63, 3.8) is 0 Å². The molecule has 1 saturated heterocycles. The van der Waals surface area contributed by atoms with Gasteiger partial charge in [0.05, 0.1) is 20.3 Å². The molecular weight excluding hydrogens is 180 g/mol. The number of methoxy groups -OCH3 is 2. The van der Waals surface area contributed by atoms with Crippen LogP contribution in [0.15, 0.2) is 18.2 Å². The Kier molecular flexibility index (Phi) is 2.33. The fraction of sp³-hybridized carbons (Fsp3) is 0.455. The van der Waals surface area contributed by atoms with Crippen LogP contribution in [-0.2, 0) is 4.74 Å². The molecule has 1 aromatic carbocycles. The first kappa shape index (κ1) is 9.34. The summed E-state index contributed by atoms with van der Waals surface area (Å²) in [6.45, 7) is 2.06. The number of epoxide rings is 1. The van der Waals surface area contributed by atoms with Crippen LogP contribution < -0.4 is 9.47 Å². The van der Waals surface area contributed by atoms with Crippen molar-refractivity contribution in [1.82, 2.24) is 0 Å². The third-order valence-electron chi connectivity index (χ3n) is 2.45. The molecule has 0 amide bonds. The van der Waals surface area contributed by atoms with Gasteiger partial charge in [-0.25, -0.2) is 0 Å². The highest BCUT2D eigenvalue weighted by Crippen LogP contribution is 2.41. The molecule has 0 aliphatic carbocycles. The molecule has 3 heteroatoms. The minimum Gasteiger partial charge on any atom is -0.493 e. The molecule has 76 valence electrons. The lowest BCUT2D eigenvalue weighted by atomic mass is 10.1. The van der Waals surface area contributed by atoms with E-state index in [1.165, 1.54) is 0 Å². The molecule has 2 rings (SSSR count). The standard InChI is InChI=1S/C11H14O3/c1-7-11(14-7)8-4-5-9(12-2)10(6-8)13-3/h4-7,11H,1-3H3/t7-,11-/m1/s1. The third kappa shape index (κ3) is 1.55. The summed E-state index contributed by atoms with van der Waals surface area (Å²) >= 11 is 0. The molecule has 0 spiro atoms. The first-order valence-electron chi connectivity index (χ1n) is 4.63. The zero-order chi connectivity index (χ0) is 10.1. The van der Waals surface area contributed by atoms with Crippen molar-refractivity contribution in [3.05, 3.63) is 23.8 Å². The fourth-order valence-corrected chi connectivity index (χ4v) is 1.57. The van der Waals surface area contributed by atoms with Crippen molar-refractivity contribution in [2.45, 2.75) is 19.1 Å². The number of hydrogen-bond donors (Lipinski definition) is 0. The molecule has 1 aromatic rings. The second-order valence-corrected chi connectivity index (χ2v) is 3.38. The van der Waals surface area contributed by atoms with Crippen LogP contribution in [0.4, 0.5) is 0 Å². The van der Waals surface area contributed by atoms with Gasteiger partial charge in [0.2, 0.25) is 0 Å². The Morgan fingerprint density at radius 3 is 2.29 bits per heavy atom. The van der Waals surface area contributed by atoms with E-state index in [1.807, 2.05) is 18.2 Å². The van der Waals surface area contributed by atoms with Gasteiger partial charge in [-0.15, -0.1) is 0 Å². The van der Waals surface area contributed by atoms with Crippen molar-refractivity contribution in [2.24, 2.45) is 0 Å². The molecule has 14 heavy (non-hydrogen) atoms. The van der Waals surface area contributed by atoms with Crippen molar-refractivity contribution in [3.8, 4) is 11.5 Å². The van der Waals surface area contributed by atoms with E-state index in [2.05, 4.69) is 6.92 Å². The second kappa shape index (κ2) is 3.50. The molecule has 0 radical (unpaired) electrons. The van der Waals surface area contributed by atoms with Crippen LogP contribution in [0.1, 0.15) is 18.6 Å². The molecule has 2 atom stereocenters. The quantitative estimate of drug-likeness (QED) is 0.691. The van der Waals surface area contributed by atoms with Crippen LogP contribution in [0.2, 0.25) is 0 Å². The Labute approximate surface area is 83.6 Å². The molecule has 1 fully saturated rings. The van der Waals surface area contributed by atoms with Gasteiger partial charge in [-0.3, -0.25) is 0 Å². The maximum atomic E-state index is 5.38. The predicted octanol–water partition coefficient (Wildman–Crippen LogP) is 2.16. The van der Waals surface area contributed by atoms with Gasteiger partial charge in [0, 0.05) is 0 Å². The van der Waals surface area contributed by atoms with Crippen molar-refractivity contribution in [1.29, 1.82) is 0 Å². The van der Waals surface area contributed by atoms with Crippen LogP contribution in [-0.4, -0.2) is 20.3 Å². The Morgan fingerprint density at radius 1 is 1.14 bits per heavy atom. The average Bonchev–Trinajstić information content (AvgIpc) is 2.94. The van der Waals surface area contributed by atoms with Crippen LogP contribution in [0, 0.1) is 0 Å². The van der Waals surface area contributed by atoms with E-state index in [0.717, 1.165) is 17.1 Å². The molecule has 1 heterocycles. The zero-order valence-electron chi connectivity index (χ0n) is 8.61. The molecule has 0 N–H and O–H groups in total. The summed E-state index contributed by atoms with van der Waals surface area (Å²) in [6.07, 6.45) is 0.558. The molecule has 0 unspecified atom stereocenters. The summed E-state index contributed by atoms with van der Waals surface area (Å²) in [5, 5.41) is 0. The van der Waals surface area contributed by atoms with Crippen molar-refractivity contribution in [2.75, 3.05) is 14.2 Å². The van der Waals surface area contributed by atoms with E-state index < -0.39 is 0 Å². The molecule has 1 aliphatic rings. The number of benzene rings is 1. The molecule has 0 saturated carbocycles. The Bertz CT molecular complexity index is 335. The van der Waals surface area contributed by atoms with E-state index in [-0.39, 0.29) is 6.10 Å². The summed E-state index contributed by atoms with van der Waals surface area (Å²) in [5.74, 6) is 1.51. The van der Waals surface area contributed by atoms with Crippen LogP contribution in [0.5, 0.6) is 11.5 Å². The van der Waals surface area contributed by atoms with Gasteiger partial charge in [0.25, 0.3) is 0 Å². The van der Waals surface area contributed by atoms with Gasteiger partial charge in [-0.2, -0.15) is 0 Å². The normalized spacial score (nSPS) is 24.5. The van der Waals surface area contributed by atoms with Crippen LogP contribution >= 0.6 is 0 Å². The summed E-state index contributed by atoms with van der Waals surface area (Å²) in [6, 6.07) is 5.88. The maximum absolute atomic E-state index is 5.38. The highest BCUT2D eigenvalue weighted by Gasteiger charge is 2.36. The lowest BCUT2D eigenvalue weighted by molar-refractivity contribution is 0.352. The monoisotopic (exact) mass is 194 g/mol. The third-order valence-corrected chi connectivity index (χ3v) is 2.45. The van der Waals surface area contributed by atoms with E-state index >= 15 is 0 Å². The molecular formula is C11H14O3. The van der Waals surface area contributed by atoms with Gasteiger partial charge in [0.15, 0.2) is 11.5 Å². The second-order valence-electron chi connectivity index (χ2n) is 3.38. The Hall–Kier alpha value is -1.22. The zero-order valence-corrected chi connectivity index (χ0v) is 8.61. The van der Waals surface area contributed by atoms with E-state index in [4.69, 9.17) is 14.2 Å². The molecule has 1 aliphatic heterocycles. The Balaban J connectivity index is 2.27. The van der Waals surface area contributed by atoms with E-state index in [1.54, 1.807) is 14.2 Å². The fourth-order valence-electron chi connectivity index (χ4n) is 1.57. The van der Waals surface area contributed by atoms with Gasteiger partial charge in [0.1, 0.15) is 6.10 Å². The summed E-state index contributed by atoms with van der Waals surface area (Å²) in [4.78, 5) is 0. The van der Waals surface area contributed by atoms with Crippen LogP contribution in [0.3, 0.4) is 0 Å². The lowest BCUT2D eigenvalue weighted by Gasteiger charge is -2.08. The minimum atomic E-state index is 0.231.